The molecule has 2 aromatic carbocycles. The third kappa shape index (κ3) is 2.56. The average molecular weight is 255 g/mol. The summed E-state index contributed by atoms with van der Waals surface area (Å²) in [6.07, 6.45) is 0.912. The summed E-state index contributed by atoms with van der Waals surface area (Å²) in [7, 11) is 1.67. The second-order valence-corrected chi connectivity index (χ2v) is 4.57. The molecular formula is C16H17NO2. The van der Waals surface area contributed by atoms with E-state index < -0.39 is 0 Å². The fraction of sp³-hybridized carbons (Fsp3) is 0.250. The smallest absolute Gasteiger partial charge is 0.154 e. The van der Waals surface area contributed by atoms with Crippen molar-refractivity contribution in [2.45, 2.75) is 12.6 Å². The molecule has 0 aliphatic carbocycles. The predicted octanol–water partition coefficient (Wildman–Crippen LogP) is 3.38. The minimum Gasteiger partial charge on any atom is -0.497 e. The van der Waals surface area contributed by atoms with Gasteiger partial charge >= 0.3 is 0 Å². The lowest BCUT2D eigenvalue weighted by molar-refractivity contribution is 0.0618. The molecule has 0 aromatic heterocycles. The highest BCUT2D eigenvalue weighted by atomic mass is 16.5. The minimum absolute atomic E-state index is 0.0710. The van der Waals surface area contributed by atoms with Gasteiger partial charge in [-0.25, -0.2) is 0 Å². The fourth-order valence-corrected chi connectivity index (χ4v) is 2.35. The van der Waals surface area contributed by atoms with Crippen molar-refractivity contribution in [3.05, 3.63) is 59.7 Å². The van der Waals surface area contributed by atoms with Crippen molar-refractivity contribution in [2.75, 3.05) is 19.0 Å². The summed E-state index contributed by atoms with van der Waals surface area (Å²) >= 11 is 0. The Labute approximate surface area is 113 Å². The minimum atomic E-state index is -0.0710. The van der Waals surface area contributed by atoms with E-state index in [-0.39, 0.29) is 6.23 Å². The second kappa shape index (κ2) is 5.33. The third-order valence-corrected chi connectivity index (χ3v) is 3.38. The molecule has 98 valence electrons. The zero-order valence-electron chi connectivity index (χ0n) is 10.9. The van der Waals surface area contributed by atoms with Crippen molar-refractivity contribution >= 4 is 5.69 Å². The van der Waals surface area contributed by atoms with Gasteiger partial charge < -0.3 is 14.8 Å². The Kier molecular flexibility index (Phi) is 3.38. The lowest BCUT2D eigenvalue weighted by atomic mass is 10.0. The van der Waals surface area contributed by atoms with E-state index in [1.807, 2.05) is 24.3 Å². The van der Waals surface area contributed by atoms with Crippen LogP contribution in [0.4, 0.5) is 5.69 Å². The first kappa shape index (κ1) is 12.1. The molecule has 1 heterocycles. The summed E-state index contributed by atoms with van der Waals surface area (Å²) in [6.45, 7) is 0.755. The number of methoxy groups -OCH3 is 1. The molecular weight excluding hydrogens is 238 g/mol. The van der Waals surface area contributed by atoms with Crippen LogP contribution in [0.25, 0.3) is 0 Å². The molecule has 19 heavy (non-hydrogen) atoms. The van der Waals surface area contributed by atoms with E-state index in [4.69, 9.17) is 9.47 Å². The van der Waals surface area contributed by atoms with E-state index in [0.29, 0.717) is 0 Å². The number of anilines is 1. The van der Waals surface area contributed by atoms with Gasteiger partial charge in [-0.05, 0) is 36.2 Å². The van der Waals surface area contributed by atoms with Crippen LogP contribution >= 0.6 is 0 Å². The maximum Gasteiger partial charge on any atom is 0.154 e. The molecule has 1 N–H and O–H groups in total. The lowest BCUT2D eigenvalue weighted by Crippen LogP contribution is -2.22. The average Bonchev–Trinajstić information content (AvgIpc) is 2.48. The van der Waals surface area contributed by atoms with E-state index in [9.17, 15) is 0 Å². The number of ether oxygens (including phenoxy) is 2. The van der Waals surface area contributed by atoms with Crippen LogP contribution in [-0.4, -0.2) is 13.7 Å². The third-order valence-electron chi connectivity index (χ3n) is 3.38. The van der Waals surface area contributed by atoms with Crippen LogP contribution in [0.5, 0.6) is 5.75 Å². The SMILES string of the molecule is COc1ccc(NC2OCCc3ccccc32)cc1. The number of rotatable bonds is 3. The second-order valence-electron chi connectivity index (χ2n) is 4.57. The summed E-state index contributed by atoms with van der Waals surface area (Å²) < 4.78 is 11.0. The quantitative estimate of drug-likeness (QED) is 0.912. The number of benzene rings is 2. The van der Waals surface area contributed by atoms with E-state index in [1.54, 1.807) is 7.11 Å². The van der Waals surface area contributed by atoms with E-state index in [0.717, 1.165) is 24.5 Å². The molecule has 0 amide bonds. The van der Waals surface area contributed by atoms with Gasteiger partial charge in [0.2, 0.25) is 0 Å². The molecule has 0 saturated carbocycles. The summed E-state index contributed by atoms with van der Waals surface area (Å²) in [5.41, 5.74) is 3.62. The van der Waals surface area contributed by atoms with Gasteiger partial charge in [-0.15, -0.1) is 0 Å². The van der Waals surface area contributed by atoms with Crippen LogP contribution in [0.2, 0.25) is 0 Å². The van der Waals surface area contributed by atoms with Crippen LogP contribution in [0.3, 0.4) is 0 Å². The standard InChI is InChI=1S/C16H17NO2/c1-18-14-8-6-13(7-9-14)17-16-15-5-3-2-4-12(15)10-11-19-16/h2-9,16-17H,10-11H2,1H3. The van der Waals surface area contributed by atoms with Crippen molar-refractivity contribution in [2.24, 2.45) is 0 Å². The first-order valence-corrected chi connectivity index (χ1v) is 6.47. The Bertz CT molecular complexity index is 551. The first-order valence-electron chi connectivity index (χ1n) is 6.47. The molecule has 0 bridgehead atoms. The molecule has 1 aliphatic heterocycles. The summed E-state index contributed by atoms with van der Waals surface area (Å²) in [5.74, 6) is 0.857. The molecule has 0 spiro atoms. The van der Waals surface area contributed by atoms with Crippen molar-refractivity contribution in [3.63, 3.8) is 0 Å². The van der Waals surface area contributed by atoms with Gasteiger partial charge in [0, 0.05) is 11.3 Å². The number of nitrogens with one attached hydrogen (secondary N) is 1. The molecule has 2 aromatic rings. The summed E-state index contributed by atoms with van der Waals surface area (Å²) in [5, 5.41) is 3.41. The Balaban J connectivity index is 1.80. The van der Waals surface area contributed by atoms with E-state index >= 15 is 0 Å². The van der Waals surface area contributed by atoms with Crippen LogP contribution in [0.1, 0.15) is 17.4 Å². The van der Waals surface area contributed by atoms with Crippen LogP contribution < -0.4 is 10.1 Å². The summed E-state index contributed by atoms with van der Waals surface area (Å²) in [6, 6.07) is 16.3. The van der Waals surface area contributed by atoms with Gasteiger partial charge in [-0.3, -0.25) is 0 Å². The Morgan fingerprint density at radius 2 is 1.89 bits per heavy atom. The van der Waals surface area contributed by atoms with Gasteiger partial charge in [-0.2, -0.15) is 0 Å². The normalized spacial score (nSPS) is 17.6. The first-order chi connectivity index (χ1) is 9.36. The van der Waals surface area contributed by atoms with Gasteiger partial charge in [0.1, 0.15) is 5.75 Å². The molecule has 3 rings (SSSR count). The maximum absolute atomic E-state index is 5.82. The van der Waals surface area contributed by atoms with Crippen molar-refractivity contribution in [3.8, 4) is 5.75 Å². The molecule has 0 fully saturated rings. The molecule has 1 aliphatic rings. The Morgan fingerprint density at radius 1 is 1.11 bits per heavy atom. The van der Waals surface area contributed by atoms with E-state index in [1.165, 1.54) is 11.1 Å². The lowest BCUT2D eigenvalue weighted by Gasteiger charge is -2.27. The fourth-order valence-electron chi connectivity index (χ4n) is 2.35. The van der Waals surface area contributed by atoms with Gasteiger partial charge in [0.25, 0.3) is 0 Å². The Morgan fingerprint density at radius 3 is 2.68 bits per heavy atom. The van der Waals surface area contributed by atoms with Crippen LogP contribution in [0.15, 0.2) is 48.5 Å². The van der Waals surface area contributed by atoms with E-state index in [2.05, 4.69) is 29.6 Å². The van der Waals surface area contributed by atoms with Crippen molar-refractivity contribution in [1.29, 1.82) is 0 Å². The molecule has 3 nitrogen and oxygen atoms in total. The maximum atomic E-state index is 5.82. The number of hydrogen-bond donors (Lipinski definition) is 1. The Hall–Kier alpha value is -2.00. The van der Waals surface area contributed by atoms with Crippen LogP contribution in [0, 0.1) is 0 Å². The molecule has 0 radical (unpaired) electrons. The highest BCUT2D eigenvalue weighted by Crippen LogP contribution is 2.28. The molecule has 1 atom stereocenters. The molecule has 0 saturated heterocycles. The van der Waals surface area contributed by atoms with Gasteiger partial charge in [0.15, 0.2) is 6.23 Å². The monoisotopic (exact) mass is 255 g/mol. The number of hydrogen-bond acceptors (Lipinski definition) is 3. The summed E-state index contributed by atoms with van der Waals surface area (Å²) in [4.78, 5) is 0. The van der Waals surface area contributed by atoms with Crippen LogP contribution in [-0.2, 0) is 11.2 Å². The highest BCUT2D eigenvalue weighted by Gasteiger charge is 2.19. The largest absolute Gasteiger partial charge is 0.497 e. The zero-order chi connectivity index (χ0) is 13.1. The molecule has 3 heteroatoms. The van der Waals surface area contributed by atoms with Crippen molar-refractivity contribution < 1.29 is 9.47 Å². The highest BCUT2D eigenvalue weighted by molar-refractivity contribution is 5.48. The van der Waals surface area contributed by atoms with Crippen molar-refractivity contribution in [1.82, 2.24) is 0 Å². The topological polar surface area (TPSA) is 30.5 Å². The number of fused-ring (bicyclic) bond motifs is 1. The molecule has 1 unspecified atom stereocenters. The van der Waals surface area contributed by atoms with Gasteiger partial charge in [-0.1, -0.05) is 24.3 Å². The predicted molar refractivity (Wildman–Crippen MR) is 75.5 cm³/mol. The van der Waals surface area contributed by atoms with Gasteiger partial charge in [0.05, 0.1) is 13.7 Å². The zero-order valence-corrected chi connectivity index (χ0v) is 10.9.